The normalized spacial score (nSPS) is 19.5. The molecule has 0 bridgehead atoms. The van der Waals surface area contributed by atoms with Crippen LogP contribution in [0.15, 0.2) is 17.2 Å². The Hall–Kier alpha value is -2.59. The number of aliphatic hydroxyl groups is 1. The average Bonchev–Trinajstić information content (AvgIpc) is 3.32. The second kappa shape index (κ2) is 8.64. The number of hydrogen-bond donors (Lipinski definition) is 2. The number of nitrogens with zero attached hydrogens (tertiary/aromatic N) is 5. The van der Waals surface area contributed by atoms with Crippen LogP contribution >= 0.6 is 11.3 Å². The third-order valence-corrected chi connectivity index (χ3v) is 8.53. The number of imidazole rings is 1. The molecule has 3 heterocycles. The smallest absolute Gasteiger partial charge is 0.246 e. The highest BCUT2D eigenvalue weighted by Gasteiger charge is 2.30. The van der Waals surface area contributed by atoms with Crippen LogP contribution in [0.1, 0.15) is 50.2 Å². The second-order valence-electron chi connectivity index (χ2n) is 8.74. The van der Waals surface area contributed by atoms with E-state index in [0.29, 0.717) is 52.6 Å². The van der Waals surface area contributed by atoms with Gasteiger partial charge in [-0.15, -0.1) is 0 Å². The van der Waals surface area contributed by atoms with Crippen LogP contribution in [0.5, 0.6) is 5.88 Å². The Morgan fingerprint density at radius 1 is 1.33 bits per heavy atom. The second-order valence-corrected chi connectivity index (χ2v) is 11.4. The number of hydrogen-bond acceptors (Lipinski definition) is 9. The Balaban J connectivity index is 1.76. The van der Waals surface area contributed by atoms with Crippen molar-refractivity contribution < 1.29 is 18.3 Å². The predicted octanol–water partition coefficient (Wildman–Crippen LogP) is 2.55. The zero-order chi connectivity index (χ0) is 24.0. The number of ether oxygens (including phenoxy) is 1. The van der Waals surface area contributed by atoms with Gasteiger partial charge in [0.05, 0.1) is 30.7 Å². The lowest BCUT2D eigenvalue weighted by Gasteiger charge is -2.26. The van der Waals surface area contributed by atoms with Crippen molar-refractivity contribution in [3.8, 4) is 23.2 Å². The number of aliphatic hydroxyl groups excluding tert-OH is 1. The fourth-order valence-electron chi connectivity index (χ4n) is 3.86. The fraction of sp³-hybridized carbons (Fsp3) is 0.524. The van der Waals surface area contributed by atoms with Crippen molar-refractivity contribution in [2.24, 2.45) is 0 Å². The molecule has 1 saturated carbocycles. The summed E-state index contributed by atoms with van der Waals surface area (Å²) in [5.74, 6) is -0.00918. The summed E-state index contributed by atoms with van der Waals surface area (Å²) < 4.78 is 36.1. The van der Waals surface area contributed by atoms with Gasteiger partial charge in [-0.1, -0.05) is 11.3 Å². The number of aryl methyl sites for hydroxylation is 1. The van der Waals surface area contributed by atoms with E-state index in [4.69, 9.17) is 4.74 Å². The third-order valence-electron chi connectivity index (χ3n) is 5.79. The number of nitriles is 1. The molecule has 0 atom stereocenters. The summed E-state index contributed by atoms with van der Waals surface area (Å²) in [5.41, 5.74) is 1.01. The summed E-state index contributed by atoms with van der Waals surface area (Å²) in [6, 6.07) is 3.49. The molecule has 4 rings (SSSR count). The maximum absolute atomic E-state index is 13.2. The predicted molar refractivity (Wildman–Crippen MR) is 123 cm³/mol. The first-order valence-corrected chi connectivity index (χ1v) is 12.9. The van der Waals surface area contributed by atoms with Crippen molar-refractivity contribution in [3.63, 3.8) is 0 Å². The monoisotopic (exact) mass is 490 g/mol. The molecule has 0 saturated heterocycles. The van der Waals surface area contributed by atoms with Gasteiger partial charge < -0.3 is 9.84 Å². The van der Waals surface area contributed by atoms with E-state index in [1.807, 2.05) is 6.92 Å². The van der Waals surface area contributed by atoms with Crippen LogP contribution in [0.3, 0.4) is 0 Å². The van der Waals surface area contributed by atoms with Crippen LogP contribution in [0.4, 0.5) is 0 Å². The van der Waals surface area contributed by atoms with Gasteiger partial charge in [-0.05, 0) is 52.5 Å². The first-order valence-electron chi connectivity index (χ1n) is 10.6. The first-order chi connectivity index (χ1) is 15.6. The zero-order valence-electron chi connectivity index (χ0n) is 18.9. The van der Waals surface area contributed by atoms with Gasteiger partial charge in [-0.25, -0.2) is 27.6 Å². The lowest BCUT2D eigenvalue weighted by molar-refractivity contribution is 0.120. The third kappa shape index (κ3) is 4.46. The number of nitrogens with one attached hydrogen (secondary N) is 1. The van der Waals surface area contributed by atoms with Gasteiger partial charge in [0.25, 0.3) is 0 Å². The highest BCUT2D eigenvalue weighted by Crippen LogP contribution is 2.34. The van der Waals surface area contributed by atoms with E-state index >= 15 is 0 Å². The SMILES string of the molecule is COc1ncc(-c2c(C)nc3sc(C(C)(C)C#N)nn23)cc1S(=O)(=O)NC1CCC(O)CC1. The molecule has 0 spiro atoms. The van der Waals surface area contributed by atoms with Crippen LogP contribution in [0.2, 0.25) is 0 Å². The number of sulfonamides is 1. The molecule has 10 nitrogen and oxygen atoms in total. The van der Waals surface area contributed by atoms with Crippen LogP contribution in [0.25, 0.3) is 16.2 Å². The molecule has 1 aliphatic rings. The van der Waals surface area contributed by atoms with Crippen molar-refractivity contribution >= 4 is 26.3 Å². The van der Waals surface area contributed by atoms with Gasteiger partial charge in [0.15, 0.2) is 0 Å². The number of methoxy groups -OCH3 is 1. The molecule has 12 heteroatoms. The van der Waals surface area contributed by atoms with Crippen LogP contribution < -0.4 is 9.46 Å². The molecule has 0 aliphatic heterocycles. The number of aromatic nitrogens is 4. The molecule has 176 valence electrons. The van der Waals surface area contributed by atoms with Gasteiger partial charge in [-0.2, -0.15) is 10.4 Å². The largest absolute Gasteiger partial charge is 0.480 e. The minimum Gasteiger partial charge on any atom is -0.480 e. The topological polar surface area (TPSA) is 142 Å². The van der Waals surface area contributed by atoms with Crippen LogP contribution in [-0.2, 0) is 15.4 Å². The molecular weight excluding hydrogens is 464 g/mol. The average molecular weight is 491 g/mol. The van der Waals surface area contributed by atoms with Crippen LogP contribution in [-0.4, -0.2) is 52.4 Å². The van der Waals surface area contributed by atoms with E-state index in [9.17, 15) is 18.8 Å². The van der Waals surface area contributed by atoms with E-state index < -0.39 is 15.4 Å². The van der Waals surface area contributed by atoms with Crippen molar-refractivity contribution in [1.29, 1.82) is 5.26 Å². The van der Waals surface area contributed by atoms with Crippen LogP contribution in [0, 0.1) is 18.3 Å². The Morgan fingerprint density at radius 2 is 2.03 bits per heavy atom. The Kier molecular flexibility index (Phi) is 6.17. The lowest BCUT2D eigenvalue weighted by Crippen LogP contribution is -2.38. The van der Waals surface area contributed by atoms with E-state index in [-0.39, 0.29) is 22.9 Å². The lowest BCUT2D eigenvalue weighted by atomic mass is 9.94. The standard InChI is InChI=1S/C21H26N6O4S2/c1-12-17(27-20(24-12)32-19(25-27)21(2,3)11-22)13-9-16(18(31-4)23-10-13)33(29,30)26-14-5-7-15(28)8-6-14/h9-10,14-15,26,28H,5-8H2,1-4H3. The van der Waals surface area contributed by atoms with E-state index in [1.54, 1.807) is 18.4 Å². The molecule has 33 heavy (non-hydrogen) atoms. The summed E-state index contributed by atoms with van der Waals surface area (Å²) in [7, 11) is -2.56. The quantitative estimate of drug-likeness (QED) is 0.537. The van der Waals surface area contributed by atoms with Crippen molar-refractivity contribution in [3.05, 3.63) is 23.0 Å². The maximum Gasteiger partial charge on any atom is 0.246 e. The van der Waals surface area contributed by atoms with Crippen molar-refractivity contribution in [2.45, 2.75) is 68.9 Å². The van der Waals surface area contributed by atoms with Gasteiger partial charge in [-0.3, -0.25) is 0 Å². The van der Waals surface area contributed by atoms with Gasteiger partial charge in [0, 0.05) is 17.8 Å². The summed E-state index contributed by atoms with van der Waals surface area (Å²) in [6.45, 7) is 5.39. The summed E-state index contributed by atoms with van der Waals surface area (Å²) >= 11 is 1.32. The van der Waals surface area contributed by atoms with Gasteiger partial charge in [0.1, 0.15) is 15.3 Å². The molecule has 0 radical (unpaired) electrons. The van der Waals surface area contributed by atoms with E-state index in [2.05, 4.69) is 25.9 Å². The molecule has 1 fully saturated rings. The maximum atomic E-state index is 13.2. The highest BCUT2D eigenvalue weighted by atomic mass is 32.2. The molecule has 0 aromatic carbocycles. The van der Waals surface area contributed by atoms with Gasteiger partial charge in [0.2, 0.25) is 20.9 Å². The molecule has 0 unspecified atom stereocenters. The summed E-state index contributed by atoms with van der Waals surface area (Å²) in [4.78, 5) is 9.34. The number of fused-ring (bicyclic) bond motifs is 1. The first kappa shape index (κ1) is 23.6. The molecule has 0 amide bonds. The molecule has 3 aromatic heterocycles. The molecular formula is C21H26N6O4S2. The van der Waals surface area contributed by atoms with E-state index in [0.717, 1.165) is 0 Å². The fourth-order valence-corrected chi connectivity index (χ4v) is 6.31. The van der Waals surface area contributed by atoms with Crippen molar-refractivity contribution in [2.75, 3.05) is 7.11 Å². The zero-order valence-corrected chi connectivity index (χ0v) is 20.5. The Labute approximate surface area is 196 Å². The summed E-state index contributed by atoms with van der Waals surface area (Å²) in [5, 5.41) is 24.4. The Morgan fingerprint density at radius 3 is 2.67 bits per heavy atom. The number of pyridine rings is 1. The Bertz CT molecular complexity index is 1330. The minimum atomic E-state index is -3.93. The molecule has 1 aliphatic carbocycles. The van der Waals surface area contributed by atoms with Gasteiger partial charge >= 0.3 is 0 Å². The summed E-state index contributed by atoms with van der Waals surface area (Å²) in [6.07, 6.45) is 3.39. The van der Waals surface area contributed by atoms with Crippen molar-refractivity contribution in [1.82, 2.24) is 24.3 Å². The number of rotatable bonds is 6. The van der Waals surface area contributed by atoms with E-state index in [1.165, 1.54) is 30.7 Å². The highest BCUT2D eigenvalue weighted by molar-refractivity contribution is 7.89. The molecule has 3 aromatic rings. The molecule has 2 N–H and O–H groups in total. The minimum absolute atomic E-state index is 0.00918.